The monoisotopic (exact) mass is 427 g/mol. The van der Waals surface area contributed by atoms with E-state index in [9.17, 15) is 9.90 Å². The van der Waals surface area contributed by atoms with Gasteiger partial charge in [0.2, 0.25) is 0 Å². The van der Waals surface area contributed by atoms with Crippen LogP contribution in [0.25, 0.3) is 5.69 Å². The summed E-state index contributed by atoms with van der Waals surface area (Å²) in [6.45, 7) is 7.87. The van der Waals surface area contributed by atoms with Crippen LogP contribution in [0.5, 0.6) is 0 Å². The predicted octanol–water partition coefficient (Wildman–Crippen LogP) is 5.56. The van der Waals surface area contributed by atoms with Crippen molar-refractivity contribution in [3.63, 3.8) is 0 Å². The SMILES string of the molecule is CCc1cc(C)c(Nc2c(Br)c(C)nn2-c2ccccc2C)c(C(=O)O)c1. The number of nitrogens with one attached hydrogen (secondary N) is 1. The Morgan fingerprint density at radius 2 is 1.89 bits per heavy atom. The molecular formula is C21H22BrN3O2. The Balaban J connectivity index is 2.18. The van der Waals surface area contributed by atoms with Crippen molar-refractivity contribution in [2.75, 3.05) is 5.32 Å². The summed E-state index contributed by atoms with van der Waals surface area (Å²) < 4.78 is 2.62. The van der Waals surface area contributed by atoms with E-state index in [-0.39, 0.29) is 5.56 Å². The maximum Gasteiger partial charge on any atom is 0.337 e. The molecule has 6 heteroatoms. The third-order valence-electron chi connectivity index (χ3n) is 4.61. The molecular weight excluding hydrogens is 406 g/mol. The van der Waals surface area contributed by atoms with Gasteiger partial charge in [-0.3, -0.25) is 0 Å². The van der Waals surface area contributed by atoms with Gasteiger partial charge in [0.15, 0.2) is 0 Å². The number of nitrogens with zero attached hydrogens (tertiary/aromatic N) is 2. The first-order valence-corrected chi connectivity index (χ1v) is 9.57. The molecule has 3 rings (SSSR count). The number of carbonyl (C=O) groups is 1. The van der Waals surface area contributed by atoms with Gasteiger partial charge < -0.3 is 10.4 Å². The Bertz CT molecular complexity index is 1020. The van der Waals surface area contributed by atoms with E-state index in [4.69, 9.17) is 0 Å². The number of para-hydroxylation sites is 1. The van der Waals surface area contributed by atoms with Crippen molar-refractivity contribution in [2.24, 2.45) is 0 Å². The average molecular weight is 428 g/mol. The molecule has 0 unspecified atom stereocenters. The van der Waals surface area contributed by atoms with Gasteiger partial charge in [0.1, 0.15) is 5.82 Å². The highest BCUT2D eigenvalue weighted by atomic mass is 79.9. The zero-order valence-electron chi connectivity index (χ0n) is 15.8. The molecule has 0 fully saturated rings. The standard InChI is InChI=1S/C21H22BrN3O2/c1-5-15-10-13(3)19(16(11-15)21(26)27)23-20-18(22)14(4)24-25(20)17-9-7-6-8-12(17)2/h6-11,23H,5H2,1-4H3,(H,26,27). The molecule has 0 saturated heterocycles. The van der Waals surface area contributed by atoms with Crippen LogP contribution in [0.15, 0.2) is 40.9 Å². The molecule has 27 heavy (non-hydrogen) atoms. The molecule has 0 aliphatic carbocycles. The molecule has 0 radical (unpaired) electrons. The number of rotatable bonds is 5. The maximum atomic E-state index is 11.9. The Morgan fingerprint density at radius 1 is 1.19 bits per heavy atom. The highest BCUT2D eigenvalue weighted by Gasteiger charge is 2.20. The van der Waals surface area contributed by atoms with Crippen molar-refractivity contribution >= 4 is 33.4 Å². The van der Waals surface area contributed by atoms with E-state index < -0.39 is 5.97 Å². The van der Waals surface area contributed by atoms with Gasteiger partial charge in [0.05, 0.1) is 27.1 Å². The number of halogens is 1. The van der Waals surface area contributed by atoms with Crippen molar-refractivity contribution in [3.05, 3.63) is 68.8 Å². The lowest BCUT2D eigenvalue weighted by atomic mass is 10.0. The van der Waals surface area contributed by atoms with Crippen LogP contribution in [-0.2, 0) is 6.42 Å². The molecule has 0 bridgehead atoms. The Hall–Kier alpha value is -2.60. The summed E-state index contributed by atoms with van der Waals surface area (Å²) in [7, 11) is 0. The van der Waals surface area contributed by atoms with Gasteiger partial charge in [-0.05, 0) is 71.9 Å². The summed E-state index contributed by atoms with van der Waals surface area (Å²) in [5, 5.41) is 17.7. The third kappa shape index (κ3) is 3.62. The van der Waals surface area contributed by atoms with Crippen LogP contribution in [0.2, 0.25) is 0 Å². The van der Waals surface area contributed by atoms with Gasteiger partial charge >= 0.3 is 5.97 Å². The number of aromatic nitrogens is 2. The van der Waals surface area contributed by atoms with E-state index in [0.29, 0.717) is 11.5 Å². The van der Waals surface area contributed by atoms with E-state index >= 15 is 0 Å². The summed E-state index contributed by atoms with van der Waals surface area (Å²) >= 11 is 3.60. The summed E-state index contributed by atoms with van der Waals surface area (Å²) in [6, 6.07) is 11.7. The number of aromatic carboxylic acids is 1. The minimum atomic E-state index is -0.953. The largest absolute Gasteiger partial charge is 0.478 e. The molecule has 1 aromatic heterocycles. The highest BCUT2D eigenvalue weighted by molar-refractivity contribution is 9.10. The fraction of sp³-hybridized carbons (Fsp3) is 0.238. The second kappa shape index (κ2) is 7.56. The molecule has 3 aromatic rings. The van der Waals surface area contributed by atoms with Crippen molar-refractivity contribution in [2.45, 2.75) is 34.1 Å². The molecule has 0 atom stereocenters. The molecule has 140 valence electrons. The van der Waals surface area contributed by atoms with Crippen molar-refractivity contribution in [1.29, 1.82) is 0 Å². The first-order valence-electron chi connectivity index (χ1n) is 8.78. The number of carboxylic acid groups (broad SMARTS) is 1. The minimum absolute atomic E-state index is 0.258. The second-order valence-electron chi connectivity index (χ2n) is 6.57. The molecule has 0 aliphatic rings. The van der Waals surface area contributed by atoms with Gasteiger partial charge in [-0.15, -0.1) is 0 Å². The Morgan fingerprint density at radius 3 is 2.52 bits per heavy atom. The third-order valence-corrected chi connectivity index (χ3v) is 5.56. The molecule has 2 N–H and O–H groups in total. The lowest BCUT2D eigenvalue weighted by molar-refractivity contribution is 0.0698. The highest BCUT2D eigenvalue weighted by Crippen LogP contribution is 2.35. The number of aryl methyl sites for hydroxylation is 4. The van der Waals surface area contributed by atoms with Gasteiger partial charge in [-0.25, -0.2) is 9.48 Å². The van der Waals surface area contributed by atoms with Crippen LogP contribution in [0.4, 0.5) is 11.5 Å². The van der Waals surface area contributed by atoms with E-state index in [1.807, 2.05) is 62.7 Å². The topological polar surface area (TPSA) is 67.2 Å². The Kier molecular flexibility index (Phi) is 5.37. The predicted molar refractivity (Wildman–Crippen MR) is 112 cm³/mol. The van der Waals surface area contributed by atoms with Crippen LogP contribution >= 0.6 is 15.9 Å². The lowest BCUT2D eigenvalue weighted by Crippen LogP contribution is -2.10. The number of anilines is 2. The van der Waals surface area contributed by atoms with Gasteiger partial charge in [0.25, 0.3) is 0 Å². The van der Waals surface area contributed by atoms with E-state index in [1.165, 1.54) is 0 Å². The normalized spacial score (nSPS) is 10.9. The fourth-order valence-electron chi connectivity index (χ4n) is 3.11. The van der Waals surface area contributed by atoms with Gasteiger partial charge in [-0.1, -0.05) is 31.2 Å². The molecule has 0 amide bonds. The van der Waals surface area contributed by atoms with Crippen molar-refractivity contribution in [1.82, 2.24) is 9.78 Å². The number of hydrogen-bond acceptors (Lipinski definition) is 3. The van der Waals surface area contributed by atoms with E-state index in [0.717, 1.165) is 39.0 Å². The quantitative estimate of drug-likeness (QED) is 0.558. The summed E-state index contributed by atoms with van der Waals surface area (Å²) in [5.41, 5.74) is 5.55. The molecule has 2 aromatic carbocycles. The second-order valence-corrected chi connectivity index (χ2v) is 7.36. The van der Waals surface area contributed by atoms with E-state index in [2.05, 4.69) is 26.3 Å². The number of benzene rings is 2. The number of carboxylic acids is 1. The maximum absolute atomic E-state index is 11.9. The minimum Gasteiger partial charge on any atom is -0.478 e. The Labute approximate surface area is 167 Å². The van der Waals surface area contributed by atoms with Crippen LogP contribution in [-0.4, -0.2) is 20.9 Å². The molecule has 0 spiro atoms. The van der Waals surface area contributed by atoms with Crippen LogP contribution in [0.3, 0.4) is 0 Å². The zero-order valence-corrected chi connectivity index (χ0v) is 17.4. The van der Waals surface area contributed by atoms with Gasteiger partial charge in [0, 0.05) is 0 Å². The fourth-order valence-corrected chi connectivity index (χ4v) is 3.46. The summed E-state index contributed by atoms with van der Waals surface area (Å²) in [4.78, 5) is 11.9. The molecule has 1 heterocycles. The summed E-state index contributed by atoms with van der Waals surface area (Å²) in [6.07, 6.45) is 0.783. The van der Waals surface area contributed by atoms with Crippen LogP contribution in [0, 0.1) is 20.8 Å². The first kappa shape index (κ1) is 19.2. The zero-order chi connectivity index (χ0) is 19.7. The van der Waals surface area contributed by atoms with Crippen LogP contribution in [0.1, 0.15) is 39.7 Å². The average Bonchev–Trinajstić information content (AvgIpc) is 2.91. The molecule has 0 saturated carbocycles. The lowest BCUT2D eigenvalue weighted by Gasteiger charge is -2.17. The van der Waals surface area contributed by atoms with Crippen molar-refractivity contribution < 1.29 is 9.90 Å². The number of hydrogen-bond donors (Lipinski definition) is 2. The van der Waals surface area contributed by atoms with Gasteiger partial charge in [-0.2, -0.15) is 5.10 Å². The first-order chi connectivity index (χ1) is 12.8. The molecule has 5 nitrogen and oxygen atoms in total. The van der Waals surface area contributed by atoms with E-state index in [1.54, 1.807) is 6.07 Å². The molecule has 0 aliphatic heterocycles. The van der Waals surface area contributed by atoms with Crippen molar-refractivity contribution in [3.8, 4) is 5.69 Å². The smallest absolute Gasteiger partial charge is 0.337 e. The summed E-state index contributed by atoms with van der Waals surface area (Å²) in [5.74, 6) is -0.248. The van der Waals surface area contributed by atoms with Crippen LogP contribution < -0.4 is 5.32 Å².